The van der Waals surface area contributed by atoms with Crippen molar-refractivity contribution in [3.63, 3.8) is 0 Å². The molecule has 2 aromatic rings. The average Bonchev–Trinajstić information content (AvgIpc) is 3.14. The second kappa shape index (κ2) is 10.1. The summed E-state index contributed by atoms with van der Waals surface area (Å²) in [5.41, 5.74) is 0.418. The maximum atomic E-state index is 12.8. The summed E-state index contributed by atoms with van der Waals surface area (Å²) in [6, 6.07) is 9.85. The second-order valence-corrected chi connectivity index (χ2v) is 8.96. The summed E-state index contributed by atoms with van der Waals surface area (Å²) in [4.78, 5) is 14.9. The third-order valence-corrected chi connectivity index (χ3v) is 6.77. The summed E-state index contributed by atoms with van der Waals surface area (Å²) in [5.74, 6) is 0.303. The second-order valence-electron chi connectivity index (χ2n) is 6.97. The van der Waals surface area contributed by atoms with Gasteiger partial charge in [-0.15, -0.1) is 12.4 Å². The molecule has 1 aliphatic heterocycles. The van der Waals surface area contributed by atoms with Crippen LogP contribution in [0.25, 0.3) is 0 Å². The quantitative estimate of drug-likeness (QED) is 0.735. The fourth-order valence-electron chi connectivity index (χ4n) is 3.47. The molecule has 28 heavy (non-hydrogen) atoms. The topological polar surface area (TPSA) is 79.6 Å². The molecule has 1 aromatic carbocycles. The highest BCUT2D eigenvalue weighted by atomic mass is 35.5. The van der Waals surface area contributed by atoms with Gasteiger partial charge in [0.25, 0.3) is 5.91 Å². The molecule has 0 spiro atoms. The summed E-state index contributed by atoms with van der Waals surface area (Å²) in [5, 5.41) is 3.16. The Morgan fingerprint density at radius 1 is 1.18 bits per heavy atom. The summed E-state index contributed by atoms with van der Waals surface area (Å²) < 4.78 is 30.6. The van der Waals surface area contributed by atoms with E-state index in [1.807, 2.05) is 7.05 Å². The van der Waals surface area contributed by atoms with E-state index < -0.39 is 9.84 Å². The summed E-state index contributed by atoms with van der Waals surface area (Å²) >= 11 is 0. The number of hydrogen-bond acceptors (Lipinski definition) is 5. The van der Waals surface area contributed by atoms with Crippen molar-refractivity contribution in [2.24, 2.45) is 5.92 Å². The van der Waals surface area contributed by atoms with Gasteiger partial charge in [0.15, 0.2) is 15.6 Å². The molecule has 1 aliphatic rings. The van der Waals surface area contributed by atoms with Crippen molar-refractivity contribution in [1.82, 2.24) is 10.2 Å². The number of sulfone groups is 1. The van der Waals surface area contributed by atoms with Crippen molar-refractivity contribution in [3.05, 3.63) is 54.0 Å². The van der Waals surface area contributed by atoms with Gasteiger partial charge in [-0.1, -0.05) is 18.2 Å². The third kappa shape index (κ3) is 5.37. The Morgan fingerprint density at radius 2 is 1.86 bits per heavy atom. The van der Waals surface area contributed by atoms with Crippen molar-refractivity contribution in [3.8, 4) is 0 Å². The maximum absolute atomic E-state index is 12.8. The number of carbonyl (C=O) groups is 1. The molecule has 0 radical (unpaired) electrons. The lowest BCUT2D eigenvalue weighted by Crippen LogP contribution is -2.39. The van der Waals surface area contributed by atoms with E-state index in [-0.39, 0.29) is 34.7 Å². The molecule has 3 rings (SSSR count). The average molecular weight is 427 g/mol. The van der Waals surface area contributed by atoms with Crippen molar-refractivity contribution < 1.29 is 17.6 Å². The number of hydrogen-bond donors (Lipinski definition) is 1. The fraction of sp³-hybridized carbons (Fsp3) is 0.450. The van der Waals surface area contributed by atoms with E-state index in [0.717, 1.165) is 25.8 Å². The minimum Gasteiger partial charge on any atom is -0.459 e. The summed E-state index contributed by atoms with van der Waals surface area (Å²) in [7, 11) is -1.58. The molecule has 1 aromatic heterocycles. The van der Waals surface area contributed by atoms with Gasteiger partial charge in [-0.25, -0.2) is 8.42 Å². The normalized spacial score (nSPS) is 15.2. The monoisotopic (exact) mass is 426 g/mol. The van der Waals surface area contributed by atoms with Gasteiger partial charge in [0.05, 0.1) is 16.9 Å². The first-order valence-corrected chi connectivity index (χ1v) is 10.9. The molecule has 2 heterocycles. The van der Waals surface area contributed by atoms with Gasteiger partial charge >= 0.3 is 0 Å². The Hall–Kier alpha value is -1.83. The van der Waals surface area contributed by atoms with Gasteiger partial charge in [-0.05, 0) is 57.0 Å². The van der Waals surface area contributed by atoms with E-state index in [0.29, 0.717) is 24.6 Å². The molecule has 1 fully saturated rings. The van der Waals surface area contributed by atoms with Gasteiger partial charge in [-0.3, -0.25) is 4.79 Å². The van der Waals surface area contributed by atoms with Gasteiger partial charge < -0.3 is 14.6 Å². The maximum Gasteiger partial charge on any atom is 0.289 e. The van der Waals surface area contributed by atoms with E-state index in [2.05, 4.69) is 5.32 Å². The number of amides is 1. The molecule has 154 valence electrons. The number of furan rings is 1. The number of nitrogens with one attached hydrogen (secondary N) is 1. The van der Waals surface area contributed by atoms with Crippen LogP contribution in [-0.4, -0.2) is 45.9 Å². The molecular formula is C20H27ClN2O4S. The van der Waals surface area contributed by atoms with Crippen LogP contribution in [-0.2, 0) is 15.6 Å². The number of likely N-dealkylation sites (tertiary alicyclic amines) is 1. The molecule has 8 heteroatoms. The Morgan fingerprint density at radius 3 is 2.50 bits per heavy atom. The lowest BCUT2D eigenvalue weighted by Gasteiger charge is -2.31. The van der Waals surface area contributed by atoms with E-state index in [9.17, 15) is 13.2 Å². The Bertz CT molecular complexity index is 859. The molecule has 0 atom stereocenters. The third-order valence-electron chi connectivity index (χ3n) is 5.09. The molecule has 0 unspecified atom stereocenters. The number of rotatable bonds is 7. The van der Waals surface area contributed by atoms with Crippen LogP contribution >= 0.6 is 12.4 Å². The lowest BCUT2D eigenvalue weighted by atomic mass is 9.93. The predicted molar refractivity (Wildman–Crippen MR) is 110 cm³/mol. The molecule has 1 N–H and O–H groups in total. The fourth-order valence-corrected chi connectivity index (χ4v) is 4.84. The molecule has 1 saturated heterocycles. The van der Waals surface area contributed by atoms with Crippen LogP contribution in [0.4, 0.5) is 0 Å². The summed E-state index contributed by atoms with van der Waals surface area (Å²) in [6.07, 6.45) is 4.43. The van der Waals surface area contributed by atoms with E-state index >= 15 is 0 Å². The smallest absolute Gasteiger partial charge is 0.289 e. The van der Waals surface area contributed by atoms with Crippen molar-refractivity contribution in [2.75, 3.05) is 26.7 Å². The molecule has 0 bridgehead atoms. The minimum atomic E-state index is -3.53. The number of nitrogens with zero attached hydrogens (tertiary/aromatic N) is 1. The van der Waals surface area contributed by atoms with Gasteiger partial charge in [-0.2, -0.15) is 0 Å². The van der Waals surface area contributed by atoms with Crippen LogP contribution in [0.2, 0.25) is 0 Å². The highest BCUT2D eigenvalue weighted by molar-refractivity contribution is 7.90. The summed E-state index contributed by atoms with van der Waals surface area (Å²) in [6.45, 7) is 2.34. The highest BCUT2D eigenvalue weighted by Gasteiger charge is 2.28. The van der Waals surface area contributed by atoms with Crippen LogP contribution in [0.3, 0.4) is 0 Å². The first-order valence-electron chi connectivity index (χ1n) is 9.29. The minimum absolute atomic E-state index is 0. The van der Waals surface area contributed by atoms with Crippen LogP contribution < -0.4 is 5.32 Å². The number of halogens is 1. The van der Waals surface area contributed by atoms with Crippen LogP contribution in [0, 0.1) is 5.92 Å². The van der Waals surface area contributed by atoms with Crippen LogP contribution in [0.15, 0.2) is 52.0 Å². The highest BCUT2D eigenvalue weighted by Crippen LogP contribution is 2.25. The Kier molecular flexibility index (Phi) is 8.10. The Labute approximate surface area is 172 Å². The number of benzene rings is 1. The lowest BCUT2D eigenvalue weighted by molar-refractivity contribution is 0.0654. The van der Waals surface area contributed by atoms with Gasteiger partial charge in [0.2, 0.25) is 0 Å². The van der Waals surface area contributed by atoms with E-state index in [1.54, 1.807) is 41.3 Å². The molecule has 0 saturated carbocycles. The number of piperidine rings is 1. The SMILES string of the molecule is CNCCC1CCN(C(=O)c2occc2CS(=O)(=O)c2ccccc2)CC1.Cl. The zero-order valence-corrected chi connectivity index (χ0v) is 17.6. The standard InChI is InChI=1S/C20H26N2O4S.ClH/c1-21-11-7-16-8-12-22(13-9-16)20(23)19-17(10-14-26-19)15-27(24,25)18-5-3-2-4-6-18;/h2-6,10,14,16,21H,7-9,11-13,15H2,1H3;1H. The number of carbonyl (C=O) groups excluding carboxylic acids is 1. The van der Waals surface area contributed by atoms with Crippen molar-refractivity contribution in [2.45, 2.75) is 29.9 Å². The van der Waals surface area contributed by atoms with Gasteiger partial charge in [0, 0.05) is 18.7 Å². The first-order chi connectivity index (χ1) is 13.0. The van der Waals surface area contributed by atoms with Crippen LogP contribution in [0.1, 0.15) is 35.4 Å². The van der Waals surface area contributed by atoms with Crippen LogP contribution in [0.5, 0.6) is 0 Å². The Balaban J connectivity index is 0.00000280. The van der Waals surface area contributed by atoms with Crippen molar-refractivity contribution in [1.29, 1.82) is 0 Å². The molecule has 0 aliphatic carbocycles. The molecule has 6 nitrogen and oxygen atoms in total. The zero-order valence-electron chi connectivity index (χ0n) is 16.0. The van der Waals surface area contributed by atoms with Crippen molar-refractivity contribution >= 4 is 28.2 Å². The van der Waals surface area contributed by atoms with E-state index in [1.165, 1.54) is 6.26 Å². The molecular weight excluding hydrogens is 400 g/mol. The predicted octanol–water partition coefficient (Wildman–Crippen LogP) is 3.14. The zero-order chi connectivity index (χ0) is 19.3. The molecule has 1 amide bonds. The van der Waals surface area contributed by atoms with Gasteiger partial charge in [0.1, 0.15) is 0 Å². The first kappa shape index (κ1) is 22.5. The van der Waals surface area contributed by atoms with E-state index in [4.69, 9.17) is 4.42 Å². The largest absolute Gasteiger partial charge is 0.459 e.